The third kappa shape index (κ3) is 3.14. The highest BCUT2D eigenvalue weighted by molar-refractivity contribution is 5.82. The van der Waals surface area contributed by atoms with Crippen LogP contribution >= 0.6 is 0 Å². The van der Waals surface area contributed by atoms with Gasteiger partial charge in [0, 0.05) is 18.4 Å². The molecule has 8 unspecified atom stereocenters. The number of Topliss-reactive ketones (excluding diaryl/α,β-unsaturated/α-hetero) is 1. The SMILES string of the molecule is COC1CC2C(CCC3CC(C)CCC32C)C2CC[C@H](C(=O)Cn3nnnc3C)C12C. The summed E-state index contributed by atoms with van der Waals surface area (Å²) < 4.78 is 7.90. The van der Waals surface area contributed by atoms with Crippen molar-refractivity contribution in [2.75, 3.05) is 7.11 Å². The van der Waals surface area contributed by atoms with Gasteiger partial charge in [-0.15, -0.1) is 5.10 Å². The molecular formula is C25H40N4O2. The number of ether oxygens (including phenoxy) is 1. The van der Waals surface area contributed by atoms with Gasteiger partial charge in [-0.2, -0.15) is 0 Å². The number of ketones is 1. The molecule has 31 heavy (non-hydrogen) atoms. The van der Waals surface area contributed by atoms with Crippen molar-refractivity contribution in [1.82, 2.24) is 20.2 Å². The van der Waals surface area contributed by atoms with E-state index in [1.165, 1.54) is 38.5 Å². The fourth-order valence-corrected chi connectivity index (χ4v) is 8.94. The van der Waals surface area contributed by atoms with Gasteiger partial charge in [-0.25, -0.2) is 4.68 Å². The van der Waals surface area contributed by atoms with E-state index < -0.39 is 0 Å². The number of tetrazole rings is 1. The van der Waals surface area contributed by atoms with Gasteiger partial charge in [-0.05, 0) is 97.3 Å². The Hall–Kier alpha value is -1.30. The number of fused-ring (bicyclic) bond motifs is 5. The monoisotopic (exact) mass is 428 g/mol. The summed E-state index contributed by atoms with van der Waals surface area (Å²) in [7, 11) is 1.88. The smallest absolute Gasteiger partial charge is 0.158 e. The zero-order valence-electron chi connectivity index (χ0n) is 20.0. The first-order valence-electron chi connectivity index (χ1n) is 12.6. The predicted octanol–water partition coefficient (Wildman–Crippen LogP) is 4.47. The molecule has 0 aromatic carbocycles. The van der Waals surface area contributed by atoms with Gasteiger partial charge in [0.05, 0.1) is 6.10 Å². The largest absolute Gasteiger partial charge is 0.381 e. The van der Waals surface area contributed by atoms with Crippen LogP contribution in [0.3, 0.4) is 0 Å². The molecule has 1 aromatic heterocycles. The first-order chi connectivity index (χ1) is 14.8. The summed E-state index contributed by atoms with van der Waals surface area (Å²) in [5, 5.41) is 11.7. The van der Waals surface area contributed by atoms with Crippen molar-refractivity contribution < 1.29 is 9.53 Å². The minimum atomic E-state index is -0.0694. The molecule has 0 spiro atoms. The molecule has 4 aliphatic rings. The number of rotatable bonds is 4. The average molecular weight is 429 g/mol. The summed E-state index contributed by atoms with van der Waals surface area (Å²) in [5.41, 5.74) is 0.388. The van der Waals surface area contributed by atoms with Crippen molar-refractivity contribution in [2.45, 2.75) is 91.7 Å². The summed E-state index contributed by atoms with van der Waals surface area (Å²) in [5.74, 6) is 4.88. The van der Waals surface area contributed by atoms with E-state index in [9.17, 15) is 4.79 Å². The van der Waals surface area contributed by atoms with Crippen LogP contribution in [-0.2, 0) is 16.1 Å². The molecule has 0 radical (unpaired) electrons. The highest BCUT2D eigenvalue weighted by Crippen LogP contribution is 2.68. The number of aryl methyl sites for hydroxylation is 1. The van der Waals surface area contributed by atoms with Gasteiger partial charge in [0.1, 0.15) is 12.4 Å². The first kappa shape index (κ1) is 21.5. The highest BCUT2D eigenvalue weighted by Gasteiger charge is 2.64. The molecule has 0 saturated heterocycles. The van der Waals surface area contributed by atoms with Gasteiger partial charge in [-0.1, -0.05) is 27.2 Å². The van der Waals surface area contributed by atoms with Gasteiger partial charge >= 0.3 is 0 Å². The van der Waals surface area contributed by atoms with Gasteiger partial charge in [0.15, 0.2) is 5.78 Å². The first-order valence-corrected chi connectivity index (χ1v) is 12.6. The van der Waals surface area contributed by atoms with Crippen LogP contribution in [0.2, 0.25) is 0 Å². The predicted molar refractivity (Wildman–Crippen MR) is 118 cm³/mol. The van der Waals surface area contributed by atoms with Gasteiger partial charge in [0.25, 0.3) is 0 Å². The molecule has 1 heterocycles. The molecule has 9 atom stereocenters. The second-order valence-corrected chi connectivity index (χ2v) is 11.8. The van der Waals surface area contributed by atoms with E-state index >= 15 is 0 Å². The van der Waals surface area contributed by atoms with E-state index in [0.29, 0.717) is 17.2 Å². The fourth-order valence-electron chi connectivity index (χ4n) is 8.94. The molecular weight excluding hydrogens is 388 g/mol. The maximum atomic E-state index is 13.5. The molecule has 4 fully saturated rings. The lowest BCUT2D eigenvalue weighted by atomic mass is 9.43. The molecule has 6 heteroatoms. The Morgan fingerprint density at radius 2 is 1.94 bits per heavy atom. The van der Waals surface area contributed by atoms with Gasteiger partial charge < -0.3 is 4.74 Å². The second kappa shape index (κ2) is 7.64. The minimum Gasteiger partial charge on any atom is -0.381 e. The molecule has 4 aliphatic carbocycles. The van der Waals surface area contributed by atoms with Crippen LogP contribution in [0, 0.1) is 53.3 Å². The molecule has 5 rings (SSSR count). The number of hydrogen-bond acceptors (Lipinski definition) is 5. The molecule has 1 aromatic rings. The number of hydrogen-bond donors (Lipinski definition) is 0. The maximum absolute atomic E-state index is 13.5. The van der Waals surface area contributed by atoms with Crippen molar-refractivity contribution in [3.63, 3.8) is 0 Å². The Labute approximate surface area is 186 Å². The van der Waals surface area contributed by atoms with Crippen molar-refractivity contribution in [3.05, 3.63) is 5.82 Å². The fraction of sp³-hybridized carbons (Fsp3) is 0.920. The molecule has 0 aliphatic heterocycles. The van der Waals surface area contributed by atoms with Crippen LogP contribution in [0.25, 0.3) is 0 Å². The summed E-state index contributed by atoms with van der Waals surface area (Å²) in [6.07, 6.45) is 10.3. The lowest BCUT2D eigenvalue weighted by molar-refractivity contribution is -0.178. The molecule has 6 nitrogen and oxygen atoms in total. The molecule has 4 saturated carbocycles. The summed E-state index contributed by atoms with van der Waals surface area (Å²) in [4.78, 5) is 13.5. The topological polar surface area (TPSA) is 69.9 Å². The lowest BCUT2D eigenvalue weighted by Crippen LogP contribution is -2.59. The van der Waals surface area contributed by atoms with E-state index in [1.807, 2.05) is 14.0 Å². The molecule has 172 valence electrons. The van der Waals surface area contributed by atoms with Gasteiger partial charge in [-0.3, -0.25) is 4.79 Å². The van der Waals surface area contributed by atoms with Crippen LogP contribution in [0.15, 0.2) is 0 Å². The molecule has 0 N–H and O–H groups in total. The average Bonchev–Trinajstić information content (AvgIpc) is 3.31. The Kier molecular flexibility index (Phi) is 5.31. The Morgan fingerprint density at radius 3 is 2.65 bits per heavy atom. The van der Waals surface area contributed by atoms with E-state index in [1.54, 1.807) is 4.68 Å². The Morgan fingerprint density at radius 1 is 1.13 bits per heavy atom. The van der Waals surface area contributed by atoms with E-state index in [0.717, 1.165) is 36.5 Å². The lowest BCUT2D eigenvalue weighted by Gasteiger charge is -2.62. The number of carbonyl (C=O) groups is 1. The highest BCUT2D eigenvalue weighted by atomic mass is 16.5. The Bertz CT molecular complexity index is 839. The van der Waals surface area contributed by atoms with E-state index in [2.05, 4.69) is 36.3 Å². The van der Waals surface area contributed by atoms with Crippen LogP contribution < -0.4 is 0 Å². The minimum absolute atomic E-state index is 0.0453. The van der Waals surface area contributed by atoms with E-state index in [-0.39, 0.29) is 29.8 Å². The van der Waals surface area contributed by atoms with Crippen molar-refractivity contribution in [1.29, 1.82) is 0 Å². The van der Waals surface area contributed by atoms with E-state index in [4.69, 9.17) is 4.74 Å². The number of aromatic nitrogens is 4. The second-order valence-electron chi connectivity index (χ2n) is 11.8. The normalized spacial score (nSPS) is 46.8. The Balaban J connectivity index is 1.43. The number of nitrogens with zero attached hydrogens (tertiary/aromatic N) is 4. The molecule has 0 bridgehead atoms. The van der Waals surface area contributed by atoms with Crippen molar-refractivity contribution >= 4 is 5.78 Å². The van der Waals surface area contributed by atoms with Crippen molar-refractivity contribution in [2.24, 2.45) is 46.3 Å². The number of carbonyl (C=O) groups excluding carboxylic acids is 1. The summed E-state index contributed by atoms with van der Waals surface area (Å²) in [6, 6.07) is 0. The molecule has 0 amide bonds. The maximum Gasteiger partial charge on any atom is 0.158 e. The zero-order chi connectivity index (χ0) is 22.0. The van der Waals surface area contributed by atoms with Crippen LogP contribution in [-0.4, -0.2) is 39.2 Å². The third-order valence-electron chi connectivity index (χ3n) is 10.7. The zero-order valence-corrected chi connectivity index (χ0v) is 20.0. The van der Waals surface area contributed by atoms with Crippen molar-refractivity contribution in [3.8, 4) is 0 Å². The third-order valence-corrected chi connectivity index (χ3v) is 10.7. The van der Waals surface area contributed by atoms with Gasteiger partial charge in [0.2, 0.25) is 0 Å². The standard InChI is InChI=1S/C25H40N4O2/c1-15-10-11-24(3)17(12-15)6-7-18-19-8-9-20(22(30)14-29-16(2)26-27-28-29)25(19,4)23(31-5)13-21(18)24/h15,17-21,23H,6-14H2,1-5H3/t15?,17?,18?,19?,20-,21?,23?,24?,25?/m1/s1. The van der Waals surface area contributed by atoms with Crippen LogP contribution in [0.5, 0.6) is 0 Å². The van der Waals surface area contributed by atoms with Crippen LogP contribution in [0.1, 0.15) is 78.0 Å². The summed E-state index contributed by atoms with van der Waals surface area (Å²) in [6.45, 7) is 9.57. The number of methoxy groups -OCH3 is 1. The summed E-state index contributed by atoms with van der Waals surface area (Å²) >= 11 is 0. The van der Waals surface area contributed by atoms with Crippen LogP contribution in [0.4, 0.5) is 0 Å². The quantitative estimate of drug-likeness (QED) is 0.708.